The van der Waals surface area contributed by atoms with Crippen LogP contribution in [0.1, 0.15) is 17.3 Å². The van der Waals surface area contributed by atoms with Gasteiger partial charge in [-0.05, 0) is 38.7 Å². The smallest absolute Gasteiger partial charge is 0.0725 e. The van der Waals surface area contributed by atoms with Gasteiger partial charge < -0.3 is 10.2 Å². The summed E-state index contributed by atoms with van der Waals surface area (Å²) in [5.74, 6) is 0. The van der Waals surface area contributed by atoms with Gasteiger partial charge in [0, 0.05) is 23.3 Å². The SMILES string of the molecule is Cc1cc(NC[C@@H](c2ccccc2)N(C)C)c2ccccc2n1. The monoisotopic (exact) mass is 305 g/mol. The number of aromatic nitrogens is 1. The van der Waals surface area contributed by atoms with Gasteiger partial charge >= 0.3 is 0 Å². The topological polar surface area (TPSA) is 28.2 Å². The number of benzene rings is 2. The molecule has 0 bridgehead atoms. The fourth-order valence-corrected chi connectivity index (χ4v) is 2.93. The van der Waals surface area contributed by atoms with Crippen molar-refractivity contribution in [2.75, 3.05) is 26.0 Å². The van der Waals surface area contributed by atoms with E-state index in [1.54, 1.807) is 0 Å². The van der Waals surface area contributed by atoms with Crippen LogP contribution in [-0.2, 0) is 0 Å². The van der Waals surface area contributed by atoms with Crippen LogP contribution in [0.4, 0.5) is 5.69 Å². The van der Waals surface area contributed by atoms with Crippen LogP contribution in [-0.4, -0.2) is 30.5 Å². The van der Waals surface area contributed by atoms with Gasteiger partial charge in [-0.15, -0.1) is 0 Å². The van der Waals surface area contributed by atoms with Crippen molar-refractivity contribution in [2.45, 2.75) is 13.0 Å². The molecule has 0 unspecified atom stereocenters. The first kappa shape index (κ1) is 15.5. The van der Waals surface area contributed by atoms with Crippen molar-refractivity contribution in [1.82, 2.24) is 9.88 Å². The Labute approximate surface area is 138 Å². The summed E-state index contributed by atoms with van der Waals surface area (Å²) < 4.78 is 0. The van der Waals surface area contributed by atoms with E-state index < -0.39 is 0 Å². The number of para-hydroxylation sites is 1. The molecule has 0 radical (unpaired) electrons. The molecule has 0 spiro atoms. The summed E-state index contributed by atoms with van der Waals surface area (Å²) >= 11 is 0. The Morgan fingerprint density at radius 1 is 1.00 bits per heavy atom. The summed E-state index contributed by atoms with van der Waals surface area (Å²) in [7, 11) is 4.24. The average Bonchev–Trinajstić information content (AvgIpc) is 2.55. The van der Waals surface area contributed by atoms with E-state index in [0.29, 0.717) is 6.04 Å². The first-order valence-electron chi connectivity index (χ1n) is 7.97. The second kappa shape index (κ2) is 6.80. The lowest BCUT2D eigenvalue weighted by atomic mass is 10.1. The Morgan fingerprint density at radius 2 is 1.70 bits per heavy atom. The Kier molecular flexibility index (Phi) is 4.58. The second-order valence-electron chi connectivity index (χ2n) is 6.10. The number of anilines is 1. The van der Waals surface area contributed by atoms with Gasteiger partial charge in [-0.3, -0.25) is 4.98 Å². The number of rotatable bonds is 5. The molecular weight excluding hydrogens is 282 g/mol. The number of fused-ring (bicyclic) bond motifs is 1. The molecule has 0 saturated heterocycles. The first-order chi connectivity index (χ1) is 11.1. The normalized spacial score (nSPS) is 12.5. The third-order valence-electron chi connectivity index (χ3n) is 4.14. The molecule has 1 atom stereocenters. The van der Waals surface area contributed by atoms with E-state index in [1.165, 1.54) is 10.9 Å². The fourth-order valence-electron chi connectivity index (χ4n) is 2.93. The van der Waals surface area contributed by atoms with Gasteiger partial charge in [-0.25, -0.2) is 0 Å². The zero-order chi connectivity index (χ0) is 16.2. The molecule has 118 valence electrons. The van der Waals surface area contributed by atoms with Gasteiger partial charge in [0.15, 0.2) is 0 Å². The van der Waals surface area contributed by atoms with Gasteiger partial charge in [0.2, 0.25) is 0 Å². The maximum Gasteiger partial charge on any atom is 0.0725 e. The Hall–Kier alpha value is -2.39. The summed E-state index contributed by atoms with van der Waals surface area (Å²) in [6.45, 7) is 2.89. The maximum absolute atomic E-state index is 4.61. The molecule has 0 fully saturated rings. The fraction of sp³-hybridized carbons (Fsp3) is 0.250. The molecule has 0 aliphatic carbocycles. The van der Waals surface area contributed by atoms with Gasteiger partial charge in [0.05, 0.1) is 11.6 Å². The summed E-state index contributed by atoms with van der Waals surface area (Å²) in [6.07, 6.45) is 0. The van der Waals surface area contributed by atoms with Crippen molar-refractivity contribution in [3.63, 3.8) is 0 Å². The zero-order valence-corrected chi connectivity index (χ0v) is 14.0. The minimum atomic E-state index is 0.323. The van der Waals surface area contributed by atoms with Gasteiger partial charge in [0.1, 0.15) is 0 Å². The van der Waals surface area contributed by atoms with Crippen molar-refractivity contribution in [3.05, 3.63) is 71.9 Å². The second-order valence-corrected chi connectivity index (χ2v) is 6.10. The number of hydrogen-bond acceptors (Lipinski definition) is 3. The molecule has 1 aromatic heterocycles. The van der Waals surface area contributed by atoms with Crippen LogP contribution in [0.2, 0.25) is 0 Å². The van der Waals surface area contributed by atoms with Crippen LogP contribution in [0.25, 0.3) is 10.9 Å². The largest absolute Gasteiger partial charge is 0.383 e. The lowest BCUT2D eigenvalue weighted by molar-refractivity contribution is 0.312. The highest BCUT2D eigenvalue weighted by Crippen LogP contribution is 2.25. The lowest BCUT2D eigenvalue weighted by Gasteiger charge is -2.26. The molecule has 1 N–H and O–H groups in total. The molecule has 2 aromatic carbocycles. The zero-order valence-electron chi connectivity index (χ0n) is 14.0. The van der Waals surface area contributed by atoms with Crippen LogP contribution >= 0.6 is 0 Å². The molecule has 3 aromatic rings. The number of aryl methyl sites for hydroxylation is 1. The van der Waals surface area contributed by atoms with E-state index in [0.717, 1.165) is 23.4 Å². The van der Waals surface area contributed by atoms with Crippen LogP contribution in [0, 0.1) is 6.92 Å². The quantitative estimate of drug-likeness (QED) is 0.763. The third-order valence-corrected chi connectivity index (χ3v) is 4.14. The van der Waals surface area contributed by atoms with Gasteiger partial charge in [-0.2, -0.15) is 0 Å². The van der Waals surface area contributed by atoms with Crippen LogP contribution in [0.3, 0.4) is 0 Å². The predicted octanol–water partition coefficient (Wildman–Crippen LogP) is 4.26. The highest BCUT2D eigenvalue weighted by atomic mass is 15.1. The Morgan fingerprint density at radius 3 is 2.43 bits per heavy atom. The molecule has 1 heterocycles. The number of hydrogen-bond donors (Lipinski definition) is 1. The van der Waals surface area contributed by atoms with Crippen LogP contribution in [0.5, 0.6) is 0 Å². The van der Waals surface area contributed by atoms with E-state index >= 15 is 0 Å². The summed E-state index contributed by atoms with van der Waals surface area (Å²) in [5, 5.41) is 4.80. The molecule has 0 amide bonds. The Balaban J connectivity index is 1.87. The average molecular weight is 305 g/mol. The summed E-state index contributed by atoms with van der Waals surface area (Å²) in [6, 6.07) is 21.3. The number of pyridine rings is 1. The number of nitrogens with zero attached hydrogens (tertiary/aromatic N) is 2. The number of likely N-dealkylation sites (N-methyl/N-ethyl adjacent to an activating group) is 1. The molecule has 3 heteroatoms. The van der Waals surface area contributed by atoms with E-state index in [-0.39, 0.29) is 0 Å². The maximum atomic E-state index is 4.61. The predicted molar refractivity (Wildman–Crippen MR) is 97.8 cm³/mol. The van der Waals surface area contributed by atoms with Crippen molar-refractivity contribution >= 4 is 16.6 Å². The number of nitrogens with one attached hydrogen (secondary N) is 1. The Bertz CT molecular complexity index is 781. The molecular formula is C20H23N3. The minimum absolute atomic E-state index is 0.323. The first-order valence-corrected chi connectivity index (χ1v) is 7.97. The van der Waals surface area contributed by atoms with E-state index in [2.05, 4.69) is 83.9 Å². The summed E-state index contributed by atoms with van der Waals surface area (Å²) in [5.41, 5.74) is 4.54. The molecule has 0 saturated carbocycles. The molecule has 23 heavy (non-hydrogen) atoms. The standard InChI is InChI=1S/C20H23N3/c1-15-13-19(17-11-7-8-12-18(17)22-15)21-14-20(23(2)3)16-9-5-4-6-10-16/h4-13,20H,14H2,1-3H3,(H,21,22)/t20-/m0/s1. The summed E-state index contributed by atoms with van der Waals surface area (Å²) in [4.78, 5) is 6.85. The highest BCUT2D eigenvalue weighted by Gasteiger charge is 2.14. The molecule has 0 aliphatic heterocycles. The van der Waals surface area contributed by atoms with Crippen molar-refractivity contribution in [1.29, 1.82) is 0 Å². The molecule has 3 nitrogen and oxygen atoms in total. The van der Waals surface area contributed by atoms with E-state index in [1.807, 2.05) is 13.0 Å². The third kappa shape index (κ3) is 3.51. The molecule has 0 aliphatic rings. The highest BCUT2D eigenvalue weighted by molar-refractivity contribution is 5.91. The van der Waals surface area contributed by atoms with Crippen molar-refractivity contribution in [2.24, 2.45) is 0 Å². The molecule has 3 rings (SSSR count). The van der Waals surface area contributed by atoms with Gasteiger partial charge in [-0.1, -0.05) is 48.5 Å². The van der Waals surface area contributed by atoms with Crippen LogP contribution in [0.15, 0.2) is 60.7 Å². The van der Waals surface area contributed by atoms with Crippen molar-refractivity contribution in [3.8, 4) is 0 Å². The van der Waals surface area contributed by atoms with Gasteiger partial charge in [0.25, 0.3) is 0 Å². The minimum Gasteiger partial charge on any atom is -0.383 e. The van der Waals surface area contributed by atoms with E-state index in [4.69, 9.17) is 0 Å². The van der Waals surface area contributed by atoms with Crippen LogP contribution < -0.4 is 5.32 Å². The van der Waals surface area contributed by atoms with Crippen molar-refractivity contribution < 1.29 is 0 Å². The van der Waals surface area contributed by atoms with E-state index in [9.17, 15) is 0 Å². The lowest BCUT2D eigenvalue weighted by Crippen LogP contribution is -2.26.